The van der Waals surface area contributed by atoms with Gasteiger partial charge in [0.25, 0.3) is 0 Å². The molecule has 20 heavy (non-hydrogen) atoms. The smallest absolute Gasteiger partial charge is 0.119 e. The van der Waals surface area contributed by atoms with Crippen LogP contribution in [0.1, 0.15) is 36.8 Å². The van der Waals surface area contributed by atoms with Gasteiger partial charge < -0.3 is 10.1 Å². The summed E-state index contributed by atoms with van der Waals surface area (Å²) >= 11 is 0. The van der Waals surface area contributed by atoms with Gasteiger partial charge in [0.1, 0.15) is 5.75 Å². The molecule has 1 heterocycles. The van der Waals surface area contributed by atoms with E-state index in [1.54, 1.807) is 12.7 Å². The molecular formula is C18H25NO. The van der Waals surface area contributed by atoms with E-state index in [0.717, 1.165) is 18.1 Å². The lowest BCUT2D eigenvalue weighted by Crippen LogP contribution is -2.42. The summed E-state index contributed by atoms with van der Waals surface area (Å²) in [5.41, 5.74) is 4.46. The third-order valence-corrected chi connectivity index (χ3v) is 4.87. The fourth-order valence-corrected chi connectivity index (χ4v) is 3.69. The molecule has 0 amide bonds. The lowest BCUT2D eigenvalue weighted by Gasteiger charge is -2.36. The molecule has 2 atom stereocenters. The minimum absolute atomic E-state index is 0.543. The zero-order chi connectivity index (χ0) is 13.9. The number of hydrogen-bond donors (Lipinski definition) is 1. The van der Waals surface area contributed by atoms with E-state index in [0.29, 0.717) is 6.04 Å². The van der Waals surface area contributed by atoms with Crippen molar-refractivity contribution >= 4 is 0 Å². The molecule has 1 fully saturated rings. The van der Waals surface area contributed by atoms with Gasteiger partial charge in [-0.1, -0.05) is 17.7 Å². The van der Waals surface area contributed by atoms with Crippen LogP contribution in [0.25, 0.3) is 0 Å². The molecule has 2 unspecified atom stereocenters. The minimum atomic E-state index is 0.543. The van der Waals surface area contributed by atoms with Crippen molar-refractivity contribution in [1.29, 1.82) is 0 Å². The summed E-state index contributed by atoms with van der Waals surface area (Å²) in [7, 11) is 1.73. The van der Waals surface area contributed by atoms with Crippen LogP contribution in [0.3, 0.4) is 0 Å². The average molecular weight is 271 g/mol. The summed E-state index contributed by atoms with van der Waals surface area (Å²) in [6.07, 6.45) is 8.98. The van der Waals surface area contributed by atoms with E-state index in [9.17, 15) is 0 Å². The van der Waals surface area contributed by atoms with Crippen LogP contribution in [-0.4, -0.2) is 19.7 Å². The predicted octanol–water partition coefficient (Wildman–Crippen LogP) is 3.63. The Morgan fingerprint density at radius 2 is 2.20 bits per heavy atom. The van der Waals surface area contributed by atoms with Crippen LogP contribution in [0.5, 0.6) is 5.75 Å². The molecular weight excluding hydrogens is 246 g/mol. The molecule has 0 bridgehead atoms. The van der Waals surface area contributed by atoms with Gasteiger partial charge >= 0.3 is 0 Å². The van der Waals surface area contributed by atoms with Crippen LogP contribution in [0, 0.1) is 12.8 Å². The molecule has 1 N–H and O–H groups in total. The van der Waals surface area contributed by atoms with Crippen molar-refractivity contribution < 1.29 is 4.74 Å². The van der Waals surface area contributed by atoms with Crippen LogP contribution in [0.2, 0.25) is 0 Å². The third-order valence-electron chi connectivity index (χ3n) is 4.87. The first-order valence-electron chi connectivity index (χ1n) is 7.85. The molecule has 1 aliphatic carbocycles. The van der Waals surface area contributed by atoms with Gasteiger partial charge in [0.05, 0.1) is 7.11 Å². The fourth-order valence-electron chi connectivity index (χ4n) is 3.69. The highest BCUT2D eigenvalue weighted by atomic mass is 16.5. The summed E-state index contributed by atoms with van der Waals surface area (Å²) in [5, 5.41) is 3.72. The normalized spacial score (nSPS) is 25.8. The second kappa shape index (κ2) is 6.01. The molecule has 1 aromatic carbocycles. The van der Waals surface area contributed by atoms with Crippen LogP contribution < -0.4 is 10.1 Å². The summed E-state index contributed by atoms with van der Waals surface area (Å²) in [4.78, 5) is 0. The van der Waals surface area contributed by atoms with E-state index in [1.807, 2.05) is 0 Å². The average Bonchev–Trinajstić information content (AvgIpc) is 2.49. The van der Waals surface area contributed by atoms with Gasteiger partial charge in [-0.25, -0.2) is 0 Å². The number of aryl methyl sites for hydroxylation is 1. The first kappa shape index (κ1) is 13.7. The van der Waals surface area contributed by atoms with E-state index in [-0.39, 0.29) is 0 Å². The highest BCUT2D eigenvalue weighted by molar-refractivity contribution is 5.36. The molecule has 2 heteroatoms. The van der Waals surface area contributed by atoms with Crippen LogP contribution in [0.4, 0.5) is 0 Å². The molecule has 108 valence electrons. The van der Waals surface area contributed by atoms with Gasteiger partial charge in [0.2, 0.25) is 0 Å². The van der Waals surface area contributed by atoms with Crippen molar-refractivity contribution in [2.45, 2.75) is 45.1 Å². The predicted molar refractivity (Wildman–Crippen MR) is 83.3 cm³/mol. The Morgan fingerprint density at radius 1 is 1.30 bits per heavy atom. The Balaban J connectivity index is 1.78. The maximum absolute atomic E-state index is 5.30. The van der Waals surface area contributed by atoms with Crippen molar-refractivity contribution in [3.05, 3.63) is 41.0 Å². The molecule has 0 aromatic heterocycles. The van der Waals surface area contributed by atoms with E-state index in [2.05, 4.69) is 36.5 Å². The van der Waals surface area contributed by atoms with E-state index < -0.39 is 0 Å². The second-order valence-corrected chi connectivity index (χ2v) is 6.12. The number of allylic oxidation sites excluding steroid dienone is 1. The summed E-state index contributed by atoms with van der Waals surface area (Å²) in [6.45, 7) is 3.36. The number of nitrogens with one attached hydrogen (secondary N) is 1. The van der Waals surface area contributed by atoms with E-state index in [1.165, 1.54) is 43.4 Å². The Kier molecular flexibility index (Phi) is 4.11. The maximum Gasteiger partial charge on any atom is 0.119 e. The van der Waals surface area contributed by atoms with Crippen LogP contribution in [-0.2, 0) is 6.42 Å². The summed E-state index contributed by atoms with van der Waals surface area (Å²) in [5.74, 6) is 1.80. The number of fused-ring (bicyclic) bond motifs is 1. The molecule has 2 aliphatic rings. The first-order valence-corrected chi connectivity index (χ1v) is 7.85. The fraction of sp³-hybridized carbons (Fsp3) is 0.556. The number of rotatable bonds is 3. The minimum Gasteiger partial charge on any atom is -0.497 e. The Labute approximate surface area is 122 Å². The molecule has 1 aromatic rings. The lowest BCUT2D eigenvalue weighted by molar-refractivity contribution is 0.358. The molecule has 0 saturated carbocycles. The summed E-state index contributed by atoms with van der Waals surface area (Å²) < 4.78 is 5.30. The van der Waals surface area contributed by atoms with Crippen molar-refractivity contribution in [2.75, 3.05) is 13.7 Å². The van der Waals surface area contributed by atoms with Gasteiger partial charge in [-0.15, -0.1) is 0 Å². The molecule has 0 radical (unpaired) electrons. The zero-order valence-corrected chi connectivity index (χ0v) is 12.6. The SMILES string of the molecule is COc1ccc(CC2NCCC3CCCC=C32)c(C)c1. The standard InChI is InChI=1S/C18H25NO/c1-13-11-16(20-2)8-7-15(13)12-18-17-6-4-3-5-14(17)9-10-19-18/h6-8,11,14,18-19H,3-5,9-10,12H2,1-2H3. The third kappa shape index (κ3) is 2.76. The van der Waals surface area contributed by atoms with Crippen LogP contribution >= 0.6 is 0 Å². The highest BCUT2D eigenvalue weighted by Gasteiger charge is 2.28. The van der Waals surface area contributed by atoms with Gasteiger partial charge in [0, 0.05) is 6.04 Å². The quantitative estimate of drug-likeness (QED) is 0.848. The number of benzene rings is 1. The van der Waals surface area contributed by atoms with Gasteiger partial charge in [-0.2, -0.15) is 0 Å². The highest BCUT2D eigenvalue weighted by Crippen LogP contribution is 2.34. The monoisotopic (exact) mass is 271 g/mol. The Hall–Kier alpha value is -1.28. The summed E-state index contributed by atoms with van der Waals surface area (Å²) in [6, 6.07) is 6.99. The first-order chi connectivity index (χ1) is 9.78. The largest absolute Gasteiger partial charge is 0.497 e. The number of methoxy groups -OCH3 is 1. The number of piperidine rings is 1. The molecule has 1 saturated heterocycles. The van der Waals surface area contributed by atoms with Crippen LogP contribution in [0.15, 0.2) is 29.8 Å². The van der Waals surface area contributed by atoms with Crippen molar-refractivity contribution in [2.24, 2.45) is 5.92 Å². The lowest BCUT2D eigenvalue weighted by atomic mass is 9.77. The van der Waals surface area contributed by atoms with Gasteiger partial charge in [0.15, 0.2) is 0 Å². The van der Waals surface area contributed by atoms with E-state index in [4.69, 9.17) is 4.74 Å². The number of ether oxygens (including phenoxy) is 1. The van der Waals surface area contributed by atoms with Crippen molar-refractivity contribution in [3.63, 3.8) is 0 Å². The molecule has 3 rings (SSSR count). The number of hydrogen-bond acceptors (Lipinski definition) is 2. The van der Waals surface area contributed by atoms with Crippen molar-refractivity contribution in [1.82, 2.24) is 5.32 Å². The Bertz CT molecular complexity index is 506. The zero-order valence-electron chi connectivity index (χ0n) is 12.6. The maximum atomic E-state index is 5.30. The van der Waals surface area contributed by atoms with Gasteiger partial charge in [-0.3, -0.25) is 0 Å². The molecule has 1 aliphatic heterocycles. The van der Waals surface area contributed by atoms with E-state index >= 15 is 0 Å². The topological polar surface area (TPSA) is 21.3 Å². The molecule has 2 nitrogen and oxygen atoms in total. The van der Waals surface area contributed by atoms with Gasteiger partial charge in [-0.05, 0) is 74.8 Å². The molecule has 0 spiro atoms. The second-order valence-electron chi connectivity index (χ2n) is 6.12. The van der Waals surface area contributed by atoms with Crippen molar-refractivity contribution in [3.8, 4) is 5.75 Å². The Morgan fingerprint density at radius 3 is 3.00 bits per heavy atom.